The molecule has 0 aliphatic carbocycles. The number of unbranched alkanes of at least 4 members (excludes halogenated alkanes) is 2. The Bertz CT molecular complexity index is 192. The Kier molecular flexibility index (Phi) is 9.28. The average molecular weight is 196 g/mol. The molecule has 2 nitrogen and oxygen atoms in total. The van der Waals surface area contributed by atoms with E-state index >= 15 is 0 Å². The molecule has 0 aromatic carbocycles. The third-order valence-corrected chi connectivity index (χ3v) is 1.65. The van der Waals surface area contributed by atoms with Crippen LogP contribution in [-0.2, 0) is 9.53 Å². The van der Waals surface area contributed by atoms with Gasteiger partial charge in [0.25, 0.3) is 0 Å². The van der Waals surface area contributed by atoms with E-state index in [0.29, 0.717) is 6.61 Å². The van der Waals surface area contributed by atoms with Gasteiger partial charge < -0.3 is 4.74 Å². The molecule has 0 aliphatic rings. The maximum absolute atomic E-state index is 11.0. The quantitative estimate of drug-likeness (QED) is 0.355. The summed E-state index contributed by atoms with van der Waals surface area (Å²) in [6.07, 6.45) is 11.4. The Balaban J connectivity index is 3.44. The zero-order valence-corrected chi connectivity index (χ0v) is 9.16. The van der Waals surface area contributed by atoms with Crippen molar-refractivity contribution in [2.75, 3.05) is 6.61 Å². The first kappa shape index (κ1) is 12.9. The van der Waals surface area contributed by atoms with Crippen LogP contribution in [0, 0.1) is 0 Å². The number of ether oxygens (including phenoxy) is 1. The number of carbonyl (C=O) groups excluding carboxylic acids is 1. The molecule has 0 heterocycles. The van der Waals surface area contributed by atoms with Crippen molar-refractivity contribution >= 4 is 5.97 Å². The van der Waals surface area contributed by atoms with E-state index in [9.17, 15) is 4.79 Å². The summed E-state index contributed by atoms with van der Waals surface area (Å²) in [5, 5.41) is 0. The molecule has 2 heteroatoms. The topological polar surface area (TPSA) is 26.3 Å². The van der Waals surface area contributed by atoms with Crippen LogP contribution >= 0.6 is 0 Å². The lowest BCUT2D eigenvalue weighted by Crippen LogP contribution is -1.99. The zero-order valence-electron chi connectivity index (χ0n) is 9.16. The van der Waals surface area contributed by atoms with Crippen molar-refractivity contribution in [2.24, 2.45) is 0 Å². The first-order valence-corrected chi connectivity index (χ1v) is 5.29. The smallest absolute Gasteiger partial charge is 0.330 e. The van der Waals surface area contributed by atoms with Crippen LogP contribution in [-0.4, -0.2) is 12.6 Å². The molecule has 0 bridgehead atoms. The third-order valence-electron chi connectivity index (χ3n) is 1.65. The number of rotatable bonds is 7. The van der Waals surface area contributed by atoms with Gasteiger partial charge >= 0.3 is 5.97 Å². The summed E-state index contributed by atoms with van der Waals surface area (Å²) < 4.78 is 4.92. The molecule has 14 heavy (non-hydrogen) atoms. The molecule has 0 amide bonds. The van der Waals surface area contributed by atoms with Gasteiger partial charge in [0.2, 0.25) is 0 Å². The van der Waals surface area contributed by atoms with Crippen molar-refractivity contribution in [1.29, 1.82) is 0 Å². The highest BCUT2D eigenvalue weighted by molar-refractivity contribution is 5.81. The molecule has 0 atom stereocenters. The summed E-state index contributed by atoms with van der Waals surface area (Å²) in [5.41, 5.74) is 0. The van der Waals surface area contributed by atoms with Crippen LogP contribution in [0.3, 0.4) is 0 Å². The number of hydrogen-bond acceptors (Lipinski definition) is 2. The van der Waals surface area contributed by atoms with Gasteiger partial charge in [-0.1, -0.05) is 44.9 Å². The molecular formula is C12H20O2. The molecule has 0 aliphatic heterocycles. The number of hydrogen-bond donors (Lipinski definition) is 0. The van der Waals surface area contributed by atoms with Crippen LogP contribution in [0.4, 0.5) is 0 Å². The Morgan fingerprint density at radius 2 is 1.71 bits per heavy atom. The SMILES string of the molecule is CCCC=CCOC(=O)/C=C/CCC. The van der Waals surface area contributed by atoms with Crippen molar-refractivity contribution in [3.63, 3.8) is 0 Å². The highest BCUT2D eigenvalue weighted by Gasteiger charge is 1.92. The summed E-state index contributed by atoms with van der Waals surface area (Å²) in [6.45, 7) is 4.57. The van der Waals surface area contributed by atoms with Gasteiger partial charge in [-0.2, -0.15) is 0 Å². The van der Waals surface area contributed by atoms with E-state index in [-0.39, 0.29) is 5.97 Å². The van der Waals surface area contributed by atoms with Crippen molar-refractivity contribution in [1.82, 2.24) is 0 Å². The minimum Gasteiger partial charge on any atom is -0.458 e. The van der Waals surface area contributed by atoms with Crippen LogP contribution in [0.2, 0.25) is 0 Å². The Morgan fingerprint density at radius 3 is 2.36 bits per heavy atom. The second-order valence-corrected chi connectivity index (χ2v) is 3.08. The second kappa shape index (κ2) is 10.0. The van der Waals surface area contributed by atoms with Crippen molar-refractivity contribution < 1.29 is 9.53 Å². The van der Waals surface area contributed by atoms with E-state index in [1.165, 1.54) is 6.08 Å². The summed E-state index contributed by atoms with van der Waals surface area (Å²) >= 11 is 0. The molecule has 0 saturated carbocycles. The fourth-order valence-electron chi connectivity index (χ4n) is 0.877. The standard InChI is InChI=1S/C12H20O2/c1-3-5-7-9-11-14-12(13)10-8-6-4-2/h7-10H,3-6,11H2,1-2H3/b9-7?,10-8+. The lowest BCUT2D eigenvalue weighted by molar-refractivity contribution is -0.136. The minimum atomic E-state index is -0.250. The van der Waals surface area contributed by atoms with E-state index in [1.54, 1.807) is 0 Å². The molecule has 0 aromatic rings. The van der Waals surface area contributed by atoms with E-state index in [1.807, 2.05) is 18.2 Å². The maximum atomic E-state index is 11.0. The van der Waals surface area contributed by atoms with E-state index in [4.69, 9.17) is 4.74 Å². The summed E-state index contributed by atoms with van der Waals surface area (Å²) in [4.78, 5) is 11.0. The fraction of sp³-hybridized carbons (Fsp3) is 0.583. The Hall–Kier alpha value is -1.05. The number of esters is 1. The van der Waals surface area contributed by atoms with Crippen LogP contribution in [0.1, 0.15) is 39.5 Å². The Labute approximate surface area is 86.6 Å². The van der Waals surface area contributed by atoms with Gasteiger partial charge in [0.05, 0.1) is 0 Å². The first-order chi connectivity index (χ1) is 6.81. The molecule has 0 rings (SSSR count). The molecule has 0 N–H and O–H groups in total. The van der Waals surface area contributed by atoms with E-state index in [0.717, 1.165) is 25.7 Å². The molecule has 0 fully saturated rings. The van der Waals surface area contributed by atoms with Gasteiger partial charge in [-0.05, 0) is 12.8 Å². The molecule has 0 radical (unpaired) electrons. The first-order valence-electron chi connectivity index (χ1n) is 5.29. The predicted molar refractivity (Wildman–Crippen MR) is 59.1 cm³/mol. The van der Waals surface area contributed by atoms with Crippen LogP contribution in [0.5, 0.6) is 0 Å². The van der Waals surface area contributed by atoms with Gasteiger partial charge in [-0.15, -0.1) is 0 Å². The van der Waals surface area contributed by atoms with Crippen molar-refractivity contribution in [3.05, 3.63) is 24.3 Å². The van der Waals surface area contributed by atoms with Gasteiger partial charge in [-0.25, -0.2) is 4.79 Å². The predicted octanol–water partition coefficient (Wildman–Crippen LogP) is 3.24. The maximum Gasteiger partial charge on any atom is 0.330 e. The normalized spacial score (nSPS) is 11.3. The van der Waals surface area contributed by atoms with E-state index in [2.05, 4.69) is 13.8 Å². The largest absolute Gasteiger partial charge is 0.458 e. The molecule has 0 spiro atoms. The molecule has 0 aromatic heterocycles. The monoisotopic (exact) mass is 196 g/mol. The molecule has 80 valence electrons. The molecular weight excluding hydrogens is 176 g/mol. The van der Waals surface area contributed by atoms with Gasteiger partial charge in [0, 0.05) is 6.08 Å². The summed E-state index contributed by atoms with van der Waals surface area (Å²) in [5.74, 6) is -0.250. The van der Waals surface area contributed by atoms with Gasteiger partial charge in [0.15, 0.2) is 0 Å². The van der Waals surface area contributed by atoms with Crippen LogP contribution in [0.25, 0.3) is 0 Å². The summed E-state index contributed by atoms with van der Waals surface area (Å²) in [7, 11) is 0. The number of allylic oxidation sites excluding steroid dienone is 2. The summed E-state index contributed by atoms with van der Waals surface area (Å²) in [6, 6.07) is 0. The second-order valence-electron chi connectivity index (χ2n) is 3.08. The average Bonchev–Trinajstić information content (AvgIpc) is 2.18. The van der Waals surface area contributed by atoms with Crippen molar-refractivity contribution in [3.8, 4) is 0 Å². The van der Waals surface area contributed by atoms with Gasteiger partial charge in [-0.3, -0.25) is 0 Å². The minimum absolute atomic E-state index is 0.250. The molecule has 0 unspecified atom stereocenters. The zero-order chi connectivity index (χ0) is 10.6. The lowest BCUT2D eigenvalue weighted by atomic mass is 10.3. The van der Waals surface area contributed by atoms with Crippen LogP contribution in [0.15, 0.2) is 24.3 Å². The number of carbonyl (C=O) groups is 1. The van der Waals surface area contributed by atoms with E-state index < -0.39 is 0 Å². The fourth-order valence-corrected chi connectivity index (χ4v) is 0.877. The lowest BCUT2D eigenvalue weighted by Gasteiger charge is -1.95. The highest BCUT2D eigenvalue weighted by Crippen LogP contribution is 1.91. The third kappa shape index (κ3) is 9.04. The van der Waals surface area contributed by atoms with Crippen LogP contribution < -0.4 is 0 Å². The highest BCUT2D eigenvalue weighted by atomic mass is 16.5. The van der Waals surface area contributed by atoms with Gasteiger partial charge in [0.1, 0.15) is 6.61 Å². The Morgan fingerprint density at radius 1 is 1.07 bits per heavy atom. The molecule has 0 saturated heterocycles. The van der Waals surface area contributed by atoms with Crippen molar-refractivity contribution in [2.45, 2.75) is 39.5 Å².